The molecule has 0 radical (unpaired) electrons. The summed E-state index contributed by atoms with van der Waals surface area (Å²) >= 11 is 5.76. The zero-order valence-corrected chi connectivity index (χ0v) is 10.7. The van der Waals surface area contributed by atoms with Gasteiger partial charge in [-0.2, -0.15) is 0 Å². The van der Waals surface area contributed by atoms with E-state index in [0.717, 1.165) is 28.5 Å². The Labute approximate surface area is 106 Å². The van der Waals surface area contributed by atoms with Crippen LogP contribution in [0.5, 0.6) is 5.75 Å². The normalized spacial score (nSPS) is 10.5. The Kier molecular flexibility index (Phi) is 3.69. The predicted molar refractivity (Wildman–Crippen MR) is 69.5 cm³/mol. The first-order chi connectivity index (χ1) is 8.24. The first-order valence-corrected chi connectivity index (χ1v) is 6.12. The SMILES string of the molecule is CCOc1cccc(-c2nc(CCl)[nH]c2C)c1. The third-order valence-electron chi connectivity index (χ3n) is 2.48. The molecule has 0 unspecified atom stereocenters. The predicted octanol–water partition coefficient (Wildman–Crippen LogP) is 3.52. The summed E-state index contributed by atoms with van der Waals surface area (Å²) in [5.74, 6) is 2.05. The number of hydrogen-bond acceptors (Lipinski definition) is 2. The van der Waals surface area contributed by atoms with Crippen molar-refractivity contribution >= 4 is 11.6 Å². The van der Waals surface area contributed by atoms with Crippen molar-refractivity contribution in [3.63, 3.8) is 0 Å². The van der Waals surface area contributed by atoms with E-state index in [1.807, 2.05) is 38.1 Å². The summed E-state index contributed by atoms with van der Waals surface area (Å²) in [6.07, 6.45) is 0. The third-order valence-corrected chi connectivity index (χ3v) is 2.73. The van der Waals surface area contributed by atoms with Crippen LogP contribution in [0, 0.1) is 6.92 Å². The van der Waals surface area contributed by atoms with Gasteiger partial charge in [0, 0.05) is 11.3 Å². The van der Waals surface area contributed by atoms with Crippen LogP contribution in [0.15, 0.2) is 24.3 Å². The van der Waals surface area contributed by atoms with E-state index in [0.29, 0.717) is 12.5 Å². The van der Waals surface area contributed by atoms with E-state index in [1.165, 1.54) is 0 Å². The van der Waals surface area contributed by atoms with Gasteiger partial charge >= 0.3 is 0 Å². The largest absolute Gasteiger partial charge is 0.494 e. The van der Waals surface area contributed by atoms with Gasteiger partial charge in [0.25, 0.3) is 0 Å². The molecule has 0 aliphatic heterocycles. The Hall–Kier alpha value is -1.48. The molecule has 0 saturated heterocycles. The fourth-order valence-corrected chi connectivity index (χ4v) is 1.89. The molecule has 1 aromatic heterocycles. The van der Waals surface area contributed by atoms with E-state index >= 15 is 0 Å². The molecule has 1 N–H and O–H groups in total. The lowest BCUT2D eigenvalue weighted by molar-refractivity contribution is 0.340. The fraction of sp³-hybridized carbons (Fsp3) is 0.308. The summed E-state index contributed by atoms with van der Waals surface area (Å²) in [4.78, 5) is 7.62. The molecule has 0 saturated carbocycles. The number of H-pyrrole nitrogens is 1. The molecule has 0 fully saturated rings. The number of ether oxygens (including phenoxy) is 1. The molecule has 0 atom stereocenters. The maximum atomic E-state index is 5.76. The van der Waals surface area contributed by atoms with Crippen molar-refractivity contribution in [1.82, 2.24) is 9.97 Å². The fourth-order valence-electron chi connectivity index (χ4n) is 1.77. The quantitative estimate of drug-likeness (QED) is 0.843. The number of alkyl halides is 1. The summed E-state index contributed by atoms with van der Waals surface area (Å²) in [6, 6.07) is 7.92. The van der Waals surface area contributed by atoms with Crippen LogP contribution in [-0.4, -0.2) is 16.6 Å². The van der Waals surface area contributed by atoms with Crippen molar-refractivity contribution < 1.29 is 4.74 Å². The van der Waals surface area contributed by atoms with Crippen molar-refractivity contribution in [2.45, 2.75) is 19.7 Å². The standard InChI is InChI=1S/C13H15ClN2O/c1-3-17-11-6-4-5-10(7-11)13-9(2)15-12(8-14)16-13/h4-7H,3,8H2,1-2H3,(H,15,16). The lowest BCUT2D eigenvalue weighted by Crippen LogP contribution is -1.91. The van der Waals surface area contributed by atoms with Crippen LogP contribution >= 0.6 is 11.6 Å². The Morgan fingerprint density at radius 1 is 1.41 bits per heavy atom. The second-order valence-corrected chi connectivity index (χ2v) is 4.02. The van der Waals surface area contributed by atoms with Crippen molar-refractivity contribution in [2.24, 2.45) is 0 Å². The summed E-state index contributed by atoms with van der Waals surface area (Å²) in [6.45, 7) is 4.62. The first-order valence-electron chi connectivity index (χ1n) is 5.59. The van der Waals surface area contributed by atoms with Gasteiger partial charge in [-0.15, -0.1) is 11.6 Å². The van der Waals surface area contributed by atoms with Crippen molar-refractivity contribution in [1.29, 1.82) is 0 Å². The highest BCUT2D eigenvalue weighted by atomic mass is 35.5. The molecule has 90 valence electrons. The van der Waals surface area contributed by atoms with E-state index in [2.05, 4.69) is 9.97 Å². The van der Waals surface area contributed by atoms with Crippen molar-refractivity contribution in [2.75, 3.05) is 6.61 Å². The van der Waals surface area contributed by atoms with Crippen LogP contribution in [0.2, 0.25) is 0 Å². The van der Waals surface area contributed by atoms with Gasteiger partial charge in [-0.3, -0.25) is 0 Å². The number of benzene rings is 1. The number of aromatic amines is 1. The Morgan fingerprint density at radius 3 is 2.88 bits per heavy atom. The highest BCUT2D eigenvalue weighted by Gasteiger charge is 2.08. The molecule has 1 aromatic carbocycles. The summed E-state index contributed by atoms with van der Waals surface area (Å²) in [5.41, 5.74) is 3.00. The van der Waals surface area contributed by atoms with Gasteiger partial charge in [-0.05, 0) is 26.0 Å². The molecule has 0 aliphatic rings. The molecule has 4 heteroatoms. The maximum absolute atomic E-state index is 5.76. The molecule has 2 aromatic rings. The number of halogens is 1. The second-order valence-electron chi connectivity index (χ2n) is 3.75. The number of imidazole rings is 1. The molecule has 17 heavy (non-hydrogen) atoms. The minimum atomic E-state index is 0.395. The zero-order valence-electron chi connectivity index (χ0n) is 9.96. The average Bonchev–Trinajstić information content (AvgIpc) is 2.71. The van der Waals surface area contributed by atoms with Crippen LogP contribution in [-0.2, 0) is 5.88 Å². The van der Waals surface area contributed by atoms with Crippen LogP contribution in [0.25, 0.3) is 11.3 Å². The van der Waals surface area contributed by atoms with Crippen molar-refractivity contribution in [3.05, 3.63) is 35.8 Å². The molecule has 1 heterocycles. The maximum Gasteiger partial charge on any atom is 0.121 e. The number of aryl methyl sites for hydroxylation is 1. The molecule has 0 aliphatic carbocycles. The highest BCUT2D eigenvalue weighted by Crippen LogP contribution is 2.25. The van der Waals surface area contributed by atoms with Crippen molar-refractivity contribution in [3.8, 4) is 17.0 Å². The minimum absolute atomic E-state index is 0.395. The highest BCUT2D eigenvalue weighted by molar-refractivity contribution is 6.16. The second kappa shape index (κ2) is 5.23. The van der Waals surface area contributed by atoms with Gasteiger partial charge in [-0.25, -0.2) is 4.98 Å². The van der Waals surface area contributed by atoms with Gasteiger partial charge in [-0.1, -0.05) is 12.1 Å². The topological polar surface area (TPSA) is 37.9 Å². The minimum Gasteiger partial charge on any atom is -0.494 e. The van der Waals surface area contributed by atoms with E-state index in [1.54, 1.807) is 0 Å². The number of hydrogen-bond donors (Lipinski definition) is 1. The van der Waals surface area contributed by atoms with Crippen LogP contribution in [0.3, 0.4) is 0 Å². The molecule has 2 rings (SSSR count). The first kappa shape index (κ1) is 12.0. The van der Waals surface area contributed by atoms with Gasteiger partial charge in [0.05, 0.1) is 18.2 Å². The van der Waals surface area contributed by atoms with Gasteiger partial charge in [0.15, 0.2) is 0 Å². The lowest BCUT2D eigenvalue weighted by atomic mass is 10.1. The summed E-state index contributed by atoms with van der Waals surface area (Å²) < 4.78 is 5.48. The average molecular weight is 251 g/mol. The van der Waals surface area contributed by atoms with Gasteiger partial charge in [0.2, 0.25) is 0 Å². The summed E-state index contributed by atoms with van der Waals surface area (Å²) in [7, 11) is 0. The van der Waals surface area contributed by atoms with E-state index in [4.69, 9.17) is 16.3 Å². The van der Waals surface area contributed by atoms with Crippen LogP contribution in [0.4, 0.5) is 0 Å². The van der Waals surface area contributed by atoms with E-state index in [-0.39, 0.29) is 0 Å². The monoisotopic (exact) mass is 250 g/mol. The smallest absolute Gasteiger partial charge is 0.121 e. The Bertz CT molecular complexity index is 508. The van der Waals surface area contributed by atoms with E-state index in [9.17, 15) is 0 Å². The number of nitrogens with zero attached hydrogens (tertiary/aromatic N) is 1. The zero-order chi connectivity index (χ0) is 12.3. The summed E-state index contributed by atoms with van der Waals surface area (Å²) in [5, 5.41) is 0. The number of aromatic nitrogens is 2. The molecular formula is C13H15ClN2O. The Balaban J connectivity index is 2.37. The van der Waals surface area contributed by atoms with Crippen LogP contribution in [0.1, 0.15) is 18.4 Å². The van der Waals surface area contributed by atoms with Crippen LogP contribution < -0.4 is 4.74 Å². The van der Waals surface area contributed by atoms with Gasteiger partial charge in [0.1, 0.15) is 11.6 Å². The third kappa shape index (κ3) is 2.61. The molecular weight excluding hydrogens is 236 g/mol. The van der Waals surface area contributed by atoms with E-state index < -0.39 is 0 Å². The molecule has 0 bridgehead atoms. The Morgan fingerprint density at radius 2 is 2.24 bits per heavy atom. The van der Waals surface area contributed by atoms with Gasteiger partial charge < -0.3 is 9.72 Å². The molecule has 0 amide bonds. The number of nitrogens with one attached hydrogen (secondary N) is 1. The lowest BCUT2D eigenvalue weighted by Gasteiger charge is -2.04. The number of rotatable bonds is 4. The molecule has 0 spiro atoms. The molecule has 3 nitrogen and oxygen atoms in total.